The largest absolute Gasteiger partial charge is 0.335 e. The molecule has 4 rings (SSSR count). The minimum atomic E-state index is -0.256. The molecular formula is C24H25ClN6O2S. The molecule has 0 unspecified atom stereocenters. The summed E-state index contributed by atoms with van der Waals surface area (Å²) >= 11 is 11.5. The van der Waals surface area contributed by atoms with Crippen LogP contribution in [0.4, 0.5) is 0 Å². The van der Waals surface area contributed by atoms with Gasteiger partial charge in [0.15, 0.2) is 10.6 Å². The molecule has 0 saturated carbocycles. The number of aromatic nitrogens is 5. The van der Waals surface area contributed by atoms with E-state index in [9.17, 15) is 9.59 Å². The van der Waals surface area contributed by atoms with E-state index >= 15 is 0 Å². The van der Waals surface area contributed by atoms with Crippen molar-refractivity contribution in [2.24, 2.45) is 0 Å². The molecule has 1 amide bonds. The molecule has 0 bridgehead atoms. The van der Waals surface area contributed by atoms with Gasteiger partial charge in [0.2, 0.25) is 5.91 Å². The molecule has 2 aromatic heterocycles. The second-order valence-electron chi connectivity index (χ2n) is 8.11. The lowest BCUT2D eigenvalue weighted by atomic mass is 10.1. The number of nitrogens with one attached hydrogen (secondary N) is 2. The zero-order valence-electron chi connectivity index (χ0n) is 19.0. The third-order valence-electron chi connectivity index (χ3n) is 5.49. The van der Waals surface area contributed by atoms with E-state index in [-0.39, 0.29) is 24.4 Å². The smallest absolute Gasteiger partial charge is 0.258 e. The summed E-state index contributed by atoms with van der Waals surface area (Å²) in [7, 11) is 0. The second kappa shape index (κ2) is 10.3. The van der Waals surface area contributed by atoms with Crippen LogP contribution in [0.25, 0.3) is 22.3 Å². The summed E-state index contributed by atoms with van der Waals surface area (Å²) in [6.07, 6.45) is 1.01. The number of nitrogens with zero attached hydrogens (tertiary/aromatic N) is 4. The van der Waals surface area contributed by atoms with Crippen LogP contribution in [-0.2, 0) is 17.9 Å². The van der Waals surface area contributed by atoms with Gasteiger partial charge in [0.05, 0.1) is 17.4 Å². The predicted octanol–water partition coefficient (Wildman–Crippen LogP) is 4.63. The van der Waals surface area contributed by atoms with E-state index in [2.05, 4.69) is 20.2 Å². The number of halogens is 1. The molecule has 0 aliphatic carbocycles. The third kappa shape index (κ3) is 5.26. The highest BCUT2D eigenvalue weighted by Crippen LogP contribution is 2.19. The monoisotopic (exact) mass is 496 g/mol. The maximum atomic E-state index is 13.2. The highest BCUT2D eigenvalue weighted by atomic mass is 35.5. The summed E-state index contributed by atoms with van der Waals surface area (Å²) in [5, 5.41) is 8.15. The Kier molecular flexibility index (Phi) is 7.23. The van der Waals surface area contributed by atoms with Crippen LogP contribution < -0.4 is 5.56 Å². The maximum Gasteiger partial charge on any atom is 0.258 e. The van der Waals surface area contributed by atoms with Crippen molar-refractivity contribution in [1.82, 2.24) is 29.6 Å². The molecule has 0 atom stereocenters. The van der Waals surface area contributed by atoms with E-state index in [0.717, 1.165) is 17.5 Å². The van der Waals surface area contributed by atoms with Crippen LogP contribution in [0.3, 0.4) is 0 Å². The van der Waals surface area contributed by atoms with Crippen LogP contribution in [0, 0.1) is 11.7 Å². The number of hydrogen-bond acceptors (Lipinski definition) is 5. The highest BCUT2D eigenvalue weighted by molar-refractivity contribution is 7.71. The lowest BCUT2D eigenvalue weighted by Crippen LogP contribution is -2.33. The summed E-state index contributed by atoms with van der Waals surface area (Å²) in [6, 6.07) is 12.9. The number of hydrogen-bond donors (Lipinski definition) is 2. The minimum Gasteiger partial charge on any atom is -0.335 e. The molecule has 8 nitrogen and oxygen atoms in total. The van der Waals surface area contributed by atoms with Crippen molar-refractivity contribution in [2.75, 3.05) is 6.54 Å². The van der Waals surface area contributed by atoms with Gasteiger partial charge in [-0.2, -0.15) is 5.10 Å². The second-order valence-corrected chi connectivity index (χ2v) is 8.94. The van der Waals surface area contributed by atoms with Crippen LogP contribution >= 0.6 is 23.8 Å². The number of H-pyrrole nitrogens is 2. The van der Waals surface area contributed by atoms with E-state index in [1.54, 1.807) is 23.1 Å². The van der Waals surface area contributed by atoms with Crippen LogP contribution in [0.2, 0.25) is 5.02 Å². The predicted molar refractivity (Wildman–Crippen MR) is 135 cm³/mol. The number of amides is 1. The molecule has 2 heterocycles. The molecule has 10 heteroatoms. The maximum absolute atomic E-state index is 13.2. The van der Waals surface area contributed by atoms with E-state index in [4.69, 9.17) is 23.8 Å². The van der Waals surface area contributed by atoms with Gasteiger partial charge in [-0.05, 0) is 49.8 Å². The standard InChI is InChI=1S/C24H25ClN6O2S/c1-3-10-30(14-20-26-19-13-17(25)7-8-18(19)23(33)27-20)21(32)9-11-31-22(28-29-24(31)34)16-6-4-5-15(2)12-16/h4-8,12-13H,3,9-11,14H2,1-2H3,(H,29,34)(H,26,27,33). The molecule has 34 heavy (non-hydrogen) atoms. The zero-order valence-corrected chi connectivity index (χ0v) is 20.5. The van der Waals surface area contributed by atoms with Crippen LogP contribution in [0.5, 0.6) is 0 Å². The first-order chi connectivity index (χ1) is 16.4. The van der Waals surface area contributed by atoms with Gasteiger partial charge in [0, 0.05) is 30.1 Å². The van der Waals surface area contributed by atoms with Crippen molar-refractivity contribution in [3.8, 4) is 11.4 Å². The van der Waals surface area contributed by atoms with Gasteiger partial charge in [0.1, 0.15) is 5.82 Å². The average molecular weight is 497 g/mol. The summed E-state index contributed by atoms with van der Waals surface area (Å²) < 4.78 is 2.30. The summed E-state index contributed by atoms with van der Waals surface area (Å²) in [5.41, 5.74) is 2.29. The Morgan fingerprint density at radius 1 is 1.24 bits per heavy atom. The number of fused-ring (bicyclic) bond motifs is 1. The van der Waals surface area contributed by atoms with Crippen molar-refractivity contribution in [3.05, 3.63) is 74.0 Å². The molecule has 2 N–H and O–H groups in total. The van der Waals surface area contributed by atoms with Gasteiger partial charge in [-0.25, -0.2) is 4.98 Å². The summed E-state index contributed by atoms with van der Waals surface area (Å²) in [5.74, 6) is 1.05. The minimum absolute atomic E-state index is 0.0611. The zero-order chi connectivity index (χ0) is 24.2. The number of rotatable bonds is 8. The fourth-order valence-corrected chi connectivity index (χ4v) is 4.26. The quantitative estimate of drug-likeness (QED) is 0.346. The Balaban J connectivity index is 1.53. The van der Waals surface area contributed by atoms with Crippen molar-refractivity contribution in [3.63, 3.8) is 0 Å². The molecule has 0 aliphatic rings. The van der Waals surface area contributed by atoms with Crippen LogP contribution in [0.15, 0.2) is 47.3 Å². The molecule has 0 aliphatic heterocycles. The SMILES string of the molecule is CCCN(Cc1nc2cc(Cl)ccc2c(=O)[nH]1)C(=O)CCn1c(-c2cccc(C)c2)n[nH]c1=S. The Hall–Kier alpha value is -3.30. The molecule has 4 aromatic rings. The van der Waals surface area contributed by atoms with E-state index < -0.39 is 0 Å². The molecule has 0 radical (unpaired) electrons. The lowest BCUT2D eigenvalue weighted by molar-refractivity contribution is -0.132. The number of benzene rings is 2. The first-order valence-electron chi connectivity index (χ1n) is 11.0. The topological polar surface area (TPSA) is 99.7 Å². The number of carbonyl (C=O) groups is 1. The van der Waals surface area contributed by atoms with Crippen molar-refractivity contribution in [1.29, 1.82) is 0 Å². The van der Waals surface area contributed by atoms with E-state index in [1.807, 2.05) is 42.7 Å². The Morgan fingerprint density at radius 3 is 2.82 bits per heavy atom. The third-order valence-corrected chi connectivity index (χ3v) is 6.04. The molecule has 0 spiro atoms. The molecule has 176 valence electrons. The van der Waals surface area contributed by atoms with Gasteiger partial charge >= 0.3 is 0 Å². The van der Waals surface area contributed by atoms with Crippen molar-refractivity contribution < 1.29 is 4.79 Å². The molecular weight excluding hydrogens is 472 g/mol. The molecule has 0 saturated heterocycles. The fourth-order valence-electron chi connectivity index (χ4n) is 3.87. The number of aryl methyl sites for hydroxylation is 1. The Bertz CT molecular complexity index is 1460. The van der Waals surface area contributed by atoms with Gasteiger partial charge < -0.3 is 9.88 Å². The highest BCUT2D eigenvalue weighted by Gasteiger charge is 2.17. The number of aromatic amines is 2. The molecule has 0 fully saturated rings. The average Bonchev–Trinajstić information content (AvgIpc) is 3.17. The summed E-state index contributed by atoms with van der Waals surface area (Å²) in [4.78, 5) is 34.6. The summed E-state index contributed by atoms with van der Waals surface area (Å²) in [6.45, 7) is 5.14. The first kappa shape index (κ1) is 23.8. The normalized spacial score (nSPS) is 11.1. The molecule has 2 aromatic carbocycles. The van der Waals surface area contributed by atoms with E-state index in [1.165, 1.54) is 0 Å². The number of carbonyl (C=O) groups excluding carboxylic acids is 1. The Morgan fingerprint density at radius 2 is 2.06 bits per heavy atom. The lowest BCUT2D eigenvalue weighted by Gasteiger charge is -2.22. The Labute approximate surface area is 206 Å². The van der Waals surface area contributed by atoms with Gasteiger partial charge in [-0.1, -0.05) is 42.3 Å². The van der Waals surface area contributed by atoms with Crippen LogP contribution in [-0.4, -0.2) is 42.1 Å². The first-order valence-corrected chi connectivity index (χ1v) is 11.8. The van der Waals surface area contributed by atoms with Gasteiger partial charge in [-0.15, -0.1) is 0 Å². The van der Waals surface area contributed by atoms with Crippen molar-refractivity contribution in [2.45, 2.75) is 39.8 Å². The van der Waals surface area contributed by atoms with E-state index in [0.29, 0.717) is 45.4 Å². The van der Waals surface area contributed by atoms with Gasteiger partial charge in [-0.3, -0.25) is 19.3 Å². The van der Waals surface area contributed by atoms with Gasteiger partial charge in [0.25, 0.3) is 5.56 Å². The van der Waals surface area contributed by atoms with Crippen LogP contribution in [0.1, 0.15) is 31.2 Å². The van der Waals surface area contributed by atoms with Crippen molar-refractivity contribution >= 4 is 40.6 Å². The fraction of sp³-hybridized carbons (Fsp3) is 0.292.